The second kappa shape index (κ2) is 6.24. The average molecular weight is 336 g/mol. The van der Waals surface area contributed by atoms with Crippen molar-refractivity contribution in [2.24, 2.45) is 0 Å². The minimum Gasteiger partial charge on any atom is -0.491 e. The number of nitrogens with zero attached hydrogens (tertiary/aromatic N) is 1. The molecule has 4 rings (SSSR count). The van der Waals surface area contributed by atoms with Crippen LogP contribution in [0.4, 0.5) is 5.69 Å². The number of aryl methyl sites for hydroxylation is 1. The lowest BCUT2D eigenvalue weighted by atomic mass is 9.99. The molecule has 2 aliphatic heterocycles. The molecule has 2 heterocycles. The summed E-state index contributed by atoms with van der Waals surface area (Å²) >= 11 is 0. The molecule has 25 heavy (non-hydrogen) atoms. The summed E-state index contributed by atoms with van der Waals surface area (Å²) in [6, 6.07) is 13.3. The van der Waals surface area contributed by atoms with E-state index >= 15 is 0 Å². The summed E-state index contributed by atoms with van der Waals surface area (Å²) in [5, 5.41) is 2.85. The smallest absolute Gasteiger partial charge is 0.254 e. The van der Waals surface area contributed by atoms with Crippen LogP contribution in [0.3, 0.4) is 0 Å². The molecule has 0 aromatic heterocycles. The van der Waals surface area contributed by atoms with Crippen molar-refractivity contribution in [2.45, 2.75) is 32.4 Å². The van der Waals surface area contributed by atoms with E-state index in [2.05, 4.69) is 5.32 Å². The first kappa shape index (κ1) is 15.7. The van der Waals surface area contributed by atoms with E-state index in [1.807, 2.05) is 48.2 Å². The van der Waals surface area contributed by atoms with Crippen LogP contribution in [0.5, 0.6) is 5.75 Å². The van der Waals surface area contributed by atoms with Gasteiger partial charge in [-0.1, -0.05) is 18.2 Å². The lowest BCUT2D eigenvalue weighted by Gasteiger charge is -2.27. The quantitative estimate of drug-likeness (QED) is 0.871. The molecule has 1 atom stereocenters. The Morgan fingerprint density at radius 2 is 2.00 bits per heavy atom. The molecule has 0 saturated carbocycles. The van der Waals surface area contributed by atoms with Gasteiger partial charge in [0.2, 0.25) is 5.91 Å². The molecule has 2 aromatic rings. The molecule has 0 spiro atoms. The molecule has 0 unspecified atom stereocenters. The van der Waals surface area contributed by atoms with Crippen LogP contribution in [0.2, 0.25) is 0 Å². The summed E-state index contributed by atoms with van der Waals surface area (Å²) in [6.45, 7) is 3.01. The van der Waals surface area contributed by atoms with E-state index in [1.54, 1.807) is 6.07 Å². The van der Waals surface area contributed by atoms with Crippen molar-refractivity contribution in [3.05, 3.63) is 59.2 Å². The molecule has 0 aliphatic carbocycles. The van der Waals surface area contributed by atoms with Crippen molar-refractivity contribution in [1.82, 2.24) is 4.90 Å². The maximum atomic E-state index is 13.1. The number of rotatable bonds is 1. The van der Waals surface area contributed by atoms with Gasteiger partial charge in [0.05, 0.1) is 12.6 Å². The maximum absolute atomic E-state index is 13.1. The van der Waals surface area contributed by atoms with Gasteiger partial charge >= 0.3 is 0 Å². The van der Waals surface area contributed by atoms with E-state index in [4.69, 9.17) is 4.74 Å². The number of amides is 2. The number of benzene rings is 2. The van der Waals surface area contributed by atoms with Gasteiger partial charge in [0.15, 0.2) is 0 Å². The number of hydrogen-bond acceptors (Lipinski definition) is 3. The predicted octanol–water partition coefficient (Wildman–Crippen LogP) is 2.99. The first-order valence-corrected chi connectivity index (χ1v) is 8.56. The third kappa shape index (κ3) is 2.97. The van der Waals surface area contributed by atoms with E-state index in [-0.39, 0.29) is 17.9 Å². The Labute approximate surface area is 146 Å². The zero-order valence-corrected chi connectivity index (χ0v) is 14.1. The van der Waals surface area contributed by atoms with Crippen LogP contribution in [0.1, 0.15) is 34.8 Å². The molecule has 0 bridgehead atoms. The van der Waals surface area contributed by atoms with Crippen molar-refractivity contribution >= 4 is 17.5 Å². The number of para-hydroxylation sites is 1. The SMILES string of the molecule is C[C@@H]1COc2ccccc2CN1C(=O)c1ccc2c(c1)CCC(=O)N2. The van der Waals surface area contributed by atoms with Crippen LogP contribution in [0.15, 0.2) is 42.5 Å². The summed E-state index contributed by atoms with van der Waals surface area (Å²) in [6.07, 6.45) is 1.13. The summed E-state index contributed by atoms with van der Waals surface area (Å²) in [7, 11) is 0. The number of nitrogens with one attached hydrogen (secondary N) is 1. The van der Waals surface area contributed by atoms with Gasteiger partial charge in [0.25, 0.3) is 5.91 Å². The van der Waals surface area contributed by atoms with Gasteiger partial charge in [-0.3, -0.25) is 9.59 Å². The van der Waals surface area contributed by atoms with Gasteiger partial charge in [-0.25, -0.2) is 0 Å². The summed E-state index contributed by atoms with van der Waals surface area (Å²) in [4.78, 5) is 26.5. The third-order valence-corrected chi connectivity index (χ3v) is 4.83. The fraction of sp³-hybridized carbons (Fsp3) is 0.300. The predicted molar refractivity (Wildman–Crippen MR) is 94.7 cm³/mol. The molecule has 0 radical (unpaired) electrons. The second-order valence-corrected chi connectivity index (χ2v) is 6.62. The van der Waals surface area contributed by atoms with Gasteiger partial charge in [0, 0.05) is 23.2 Å². The Balaban J connectivity index is 1.63. The Morgan fingerprint density at radius 3 is 2.88 bits per heavy atom. The lowest BCUT2D eigenvalue weighted by molar-refractivity contribution is -0.116. The van der Waals surface area contributed by atoms with E-state index in [0.717, 1.165) is 22.6 Å². The van der Waals surface area contributed by atoms with E-state index in [1.165, 1.54) is 0 Å². The largest absolute Gasteiger partial charge is 0.491 e. The lowest BCUT2D eigenvalue weighted by Crippen LogP contribution is -2.40. The maximum Gasteiger partial charge on any atom is 0.254 e. The van der Waals surface area contributed by atoms with Crippen molar-refractivity contribution in [3.8, 4) is 5.75 Å². The van der Waals surface area contributed by atoms with Crippen LogP contribution in [-0.2, 0) is 17.8 Å². The fourth-order valence-electron chi connectivity index (χ4n) is 3.37. The number of ether oxygens (including phenoxy) is 1. The van der Waals surface area contributed by atoms with Gasteiger partial charge in [0.1, 0.15) is 12.4 Å². The van der Waals surface area contributed by atoms with E-state index in [0.29, 0.717) is 31.6 Å². The molecule has 2 aliphatic rings. The van der Waals surface area contributed by atoms with Gasteiger partial charge in [-0.2, -0.15) is 0 Å². The van der Waals surface area contributed by atoms with Crippen LogP contribution in [0, 0.1) is 0 Å². The van der Waals surface area contributed by atoms with Crippen molar-refractivity contribution in [2.75, 3.05) is 11.9 Å². The van der Waals surface area contributed by atoms with Crippen LogP contribution >= 0.6 is 0 Å². The molecular formula is C20H20N2O3. The number of carbonyl (C=O) groups excluding carboxylic acids is 2. The summed E-state index contributed by atoms with van der Waals surface area (Å²) in [5.74, 6) is 0.867. The standard InChI is InChI=1S/C20H20N2O3/c1-13-12-25-18-5-3-2-4-16(18)11-22(13)20(24)15-6-8-17-14(10-15)7-9-19(23)21-17/h2-6,8,10,13H,7,9,11-12H2,1H3,(H,21,23)/t13-/m1/s1. The molecule has 128 valence electrons. The van der Waals surface area contributed by atoms with Gasteiger partial charge in [-0.15, -0.1) is 0 Å². The van der Waals surface area contributed by atoms with Crippen LogP contribution in [-0.4, -0.2) is 29.4 Å². The van der Waals surface area contributed by atoms with Crippen molar-refractivity contribution < 1.29 is 14.3 Å². The third-order valence-electron chi connectivity index (χ3n) is 4.83. The molecule has 5 nitrogen and oxygen atoms in total. The molecule has 0 saturated heterocycles. The van der Waals surface area contributed by atoms with Crippen molar-refractivity contribution in [3.63, 3.8) is 0 Å². The number of anilines is 1. The highest BCUT2D eigenvalue weighted by molar-refractivity contribution is 5.98. The van der Waals surface area contributed by atoms with Crippen molar-refractivity contribution in [1.29, 1.82) is 0 Å². The average Bonchev–Trinajstić information content (AvgIpc) is 2.80. The first-order valence-electron chi connectivity index (χ1n) is 8.56. The highest BCUT2D eigenvalue weighted by atomic mass is 16.5. The second-order valence-electron chi connectivity index (χ2n) is 6.62. The Bertz CT molecular complexity index is 847. The summed E-state index contributed by atoms with van der Waals surface area (Å²) in [5.41, 5.74) is 3.50. The molecular weight excluding hydrogens is 316 g/mol. The Kier molecular flexibility index (Phi) is 3.92. The zero-order chi connectivity index (χ0) is 17.4. The molecule has 2 aromatic carbocycles. The number of hydrogen-bond donors (Lipinski definition) is 1. The number of carbonyl (C=O) groups is 2. The monoisotopic (exact) mass is 336 g/mol. The highest BCUT2D eigenvalue weighted by Crippen LogP contribution is 2.28. The van der Waals surface area contributed by atoms with Gasteiger partial charge < -0.3 is 15.0 Å². The molecule has 0 fully saturated rings. The van der Waals surface area contributed by atoms with E-state index in [9.17, 15) is 9.59 Å². The highest BCUT2D eigenvalue weighted by Gasteiger charge is 2.27. The van der Waals surface area contributed by atoms with Gasteiger partial charge in [-0.05, 0) is 43.2 Å². The van der Waals surface area contributed by atoms with Crippen LogP contribution in [0.25, 0.3) is 0 Å². The molecule has 5 heteroatoms. The summed E-state index contributed by atoms with van der Waals surface area (Å²) < 4.78 is 5.84. The Hall–Kier alpha value is -2.82. The number of fused-ring (bicyclic) bond motifs is 2. The van der Waals surface area contributed by atoms with E-state index < -0.39 is 0 Å². The minimum atomic E-state index is -0.0179. The zero-order valence-electron chi connectivity index (χ0n) is 14.1. The van der Waals surface area contributed by atoms with Crippen LogP contribution < -0.4 is 10.1 Å². The first-order chi connectivity index (χ1) is 12.1. The topological polar surface area (TPSA) is 58.6 Å². The minimum absolute atomic E-state index is 0.00694. The fourth-order valence-corrected chi connectivity index (χ4v) is 3.37. The Morgan fingerprint density at radius 1 is 1.16 bits per heavy atom. The molecule has 1 N–H and O–H groups in total. The normalized spacial score (nSPS) is 19.2. The molecule has 2 amide bonds.